The van der Waals surface area contributed by atoms with Gasteiger partial charge in [0.25, 0.3) is 0 Å². The third-order valence-corrected chi connectivity index (χ3v) is 4.00. The first-order chi connectivity index (χ1) is 8.15. The normalized spacial score (nSPS) is 25.1. The van der Waals surface area contributed by atoms with Crippen LogP contribution in [0.5, 0.6) is 0 Å². The van der Waals surface area contributed by atoms with Crippen LogP contribution in [0.4, 0.5) is 0 Å². The van der Waals surface area contributed by atoms with Crippen molar-refractivity contribution in [3.63, 3.8) is 0 Å². The molecule has 1 heterocycles. The Morgan fingerprint density at radius 3 is 2.65 bits per heavy atom. The second kappa shape index (κ2) is 5.67. The van der Waals surface area contributed by atoms with Crippen LogP contribution in [0.25, 0.3) is 0 Å². The number of aryl methyl sites for hydroxylation is 2. The number of nitrogens with zero attached hydrogens (tertiary/aromatic N) is 2. The van der Waals surface area contributed by atoms with E-state index in [1.54, 1.807) is 0 Å². The van der Waals surface area contributed by atoms with Gasteiger partial charge in [0.15, 0.2) is 0 Å². The van der Waals surface area contributed by atoms with Crippen molar-refractivity contribution in [2.75, 3.05) is 6.54 Å². The largest absolute Gasteiger partial charge is 0.312 e. The Morgan fingerprint density at radius 2 is 2.06 bits per heavy atom. The Kier molecular flexibility index (Phi) is 4.21. The Balaban J connectivity index is 1.71. The second-order valence-electron chi connectivity index (χ2n) is 5.67. The maximum absolute atomic E-state index is 4.36. The molecule has 1 N–H and O–H groups in total. The zero-order valence-electron chi connectivity index (χ0n) is 11.4. The van der Waals surface area contributed by atoms with Crippen LogP contribution in [0.15, 0.2) is 6.20 Å². The van der Waals surface area contributed by atoms with Crippen molar-refractivity contribution in [3.8, 4) is 0 Å². The lowest BCUT2D eigenvalue weighted by Crippen LogP contribution is -2.25. The van der Waals surface area contributed by atoms with Gasteiger partial charge in [-0.15, -0.1) is 0 Å². The first kappa shape index (κ1) is 12.6. The van der Waals surface area contributed by atoms with E-state index in [9.17, 15) is 0 Å². The van der Waals surface area contributed by atoms with E-state index in [-0.39, 0.29) is 0 Å². The molecule has 96 valence electrons. The Bertz CT molecular complexity index is 348. The van der Waals surface area contributed by atoms with E-state index in [1.807, 2.05) is 11.7 Å². The van der Waals surface area contributed by atoms with Gasteiger partial charge in [0.05, 0.1) is 5.69 Å². The quantitative estimate of drug-likeness (QED) is 0.869. The Hall–Kier alpha value is -0.830. The highest BCUT2D eigenvalue weighted by atomic mass is 15.2. The predicted octanol–water partition coefficient (Wildman–Crippen LogP) is 2.64. The number of hydrogen-bond donors (Lipinski definition) is 1. The lowest BCUT2D eigenvalue weighted by Gasteiger charge is -2.26. The molecule has 0 aliphatic heterocycles. The molecule has 1 aliphatic carbocycles. The summed E-state index contributed by atoms with van der Waals surface area (Å²) >= 11 is 0. The fourth-order valence-electron chi connectivity index (χ4n) is 2.77. The summed E-state index contributed by atoms with van der Waals surface area (Å²) in [7, 11) is 1.99. The summed E-state index contributed by atoms with van der Waals surface area (Å²) in [5.74, 6) is 1.84. The molecular weight excluding hydrogens is 210 g/mol. The number of nitrogens with one attached hydrogen (secondary N) is 1. The summed E-state index contributed by atoms with van der Waals surface area (Å²) in [5, 5.41) is 7.95. The van der Waals surface area contributed by atoms with Crippen LogP contribution in [0, 0.1) is 18.8 Å². The van der Waals surface area contributed by atoms with Crippen LogP contribution < -0.4 is 5.32 Å². The van der Waals surface area contributed by atoms with Crippen LogP contribution >= 0.6 is 0 Å². The molecule has 0 atom stereocenters. The monoisotopic (exact) mass is 235 g/mol. The molecule has 0 aromatic carbocycles. The van der Waals surface area contributed by atoms with Crippen LogP contribution in [-0.4, -0.2) is 16.3 Å². The van der Waals surface area contributed by atoms with Gasteiger partial charge in [0.2, 0.25) is 0 Å². The van der Waals surface area contributed by atoms with Gasteiger partial charge >= 0.3 is 0 Å². The molecule has 0 amide bonds. The highest BCUT2D eigenvalue weighted by Gasteiger charge is 2.17. The van der Waals surface area contributed by atoms with Gasteiger partial charge in [0, 0.05) is 25.4 Å². The molecule has 1 saturated carbocycles. The van der Waals surface area contributed by atoms with Crippen LogP contribution in [0.2, 0.25) is 0 Å². The van der Waals surface area contributed by atoms with Crippen molar-refractivity contribution in [1.29, 1.82) is 0 Å². The zero-order chi connectivity index (χ0) is 12.3. The number of hydrogen-bond acceptors (Lipinski definition) is 2. The standard InChI is InChI=1S/C14H25N3/c1-11-4-6-13(7-5-11)8-15-9-14-10-17(3)16-12(14)2/h10-11,13,15H,4-9H2,1-3H3. The summed E-state index contributed by atoms with van der Waals surface area (Å²) in [5.41, 5.74) is 2.48. The third kappa shape index (κ3) is 3.56. The second-order valence-corrected chi connectivity index (χ2v) is 5.67. The average Bonchev–Trinajstić information content (AvgIpc) is 2.60. The van der Waals surface area contributed by atoms with Crippen LogP contribution in [0.1, 0.15) is 43.9 Å². The topological polar surface area (TPSA) is 29.9 Å². The van der Waals surface area contributed by atoms with Gasteiger partial charge in [-0.25, -0.2) is 0 Å². The van der Waals surface area contributed by atoms with E-state index in [0.29, 0.717) is 0 Å². The summed E-state index contributed by atoms with van der Waals surface area (Å²) < 4.78 is 1.90. The van der Waals surface area contributed by atoms with Crippen molar-refractivity contribution < 1.29 is 0 Å². The molecule has 3 nitrogen and oxygen atoms in total. The van der Waals surface area contributed by atoms with Crippen molar-refractivity contribution >= 4 is 0 Å². The number of aromatic nitrogens is 2. The minimum Gasteiger partial charge on any atom is -0.312 e. The van der Waals surface area contributed by atoms with E-state index < -0.39 is 0 Å². The van der Waals surface area contributed by atoms with E-state index in [4.69, 9.17) is 0 Å². The van der Waals surface area contributed by atoms with Gasteiger partial charge in [-0.3, -0.25) is 4.68 Å². The van der Waals surface area contributed by atoms with Gasteiger partial charge in [-0.2, -0.15) is 5.10 Å². The van der Waals surface area contributed by atoms with E-state index in [2.05, 4.69) is 30.5 Å². The minimum atomic E-state index is 0.892. The molecule has 1 aliphatic rings. The molecule has 17 heavy (non-hydrogen) atoms. The fraction of sp³-hybridized carbons (Fsp3) is 0.786. The Labute approximate surface area is 105 Å². The Morgan fingerprint density at radius 1 is 1.35 bits per heavy atom. The zero-order valence-corrected chi connectivity index (χ0v) is 11.4. The molecule has 1 aromatic heterocycles. The molecule has 3 heteroatoms. The molecular formula is C14H25N3. The maximum Gasteiger partial charge on any atom is 0.0638 e. The van der Waals surface area contributed by atoms with E-state index in [1.165, 1.54) is 37.8 Å². The van der Waals surface area contributed by atoms with Crippen molar-refractivity contribution in [2.24, 2.45) is 18.9 Å². The van der Waals surface area contributed by atoms with E-state index >= 15 is 0 Å². The smallest absolute Gasteiger partial charge is 0.0638 e. The van der Waals surface area contributed by atoms with Gasteiger partial charge in [-0.05, 0) is 38.1 Å². The predicted molar refractivity (Wildman–Crippen MR) is 70.8 cm³/mol. The van der Waals surface area contributed by atoms with Crippen LogP contribution in [-0.2, 0) is 13.6 Å². The fourth-order valence-corrected chi connectivity index (χ4v) is 2.77. The lowest BCUT2D eigenvalue weighted by atomic mass is 9.83. The van der Waals surface area contributed by atoms with Crippen molar-refractivity contribution in [1.82, 2.24) is 15.1 Å². The molecule has 1 aromatic rings. The highest BCUT2D eigenvalue weighted by Crippen LogP contribution is 2.27. The van der Waals surface area contributed by atoms with Gasteiger partial charge < -0.3 is 5.32 Å². The summed E-state index contributed by atoms with van der Waals surface area (Å²) in [6.45, 7) is 6.59. The first-order valence-corrected chi connectivity index (χ1v) is 6.85. The third-order valence-electron chi connectivity index (χ3n) is 4.00. The van der Waals surface area contributed by atoms with Crippen LogP contribution in [0.3, 0.4) is 0 Å². The molecule has 0 unspecified atom stereocenters. The van der Waals surface area contributed by atoms with Gasteiger partial charge in [-0.1, -0.05) is 19.8 Å². The number of rotatable bonds is 4. The summed E-state index contributed by atoms with van der Waals surface area (Å²) in [6, 6.07) is 0. The summed E-state index contributed by atoms with van der Waals surface area (Å²) in [4.78, 5) is 0. The van der Waals surface area contributed by atoms with Crippen molar-refractivity contribution in [3.05, 3.63) is 17.5 Å². The molecule has 1 fully saturated rings. The SMILES string of the molecule is Cc1nn(C)cc1CNCC1CCC(C)CC1. The highest BCUT2D eigenvalue weighted by molar-refractivity contribution is 5.14. The first-order valence-electron chi connectivity index (χ1n) is 6.85. The molecule has 0 spiro atoms. The average molecular weight is 235 g/mol. The van der Waals surface area contributed by atoms with Gasteiger partial charge in [0.1, 0.15) is 0 Å². The molecule has 0 radical (unpaired) electrons. The summed E-state index contributed by atoms with van der Waals surface area (Å²) in [6.07, 6.45) is 7.75. The van der Waals surface area contributed by atoms with E-state index in [0.717, 1.165) is 24.1 Å². The molecule has 0 saturated heterocycles. The minimum absolute atomic E-state index is 0.892. The lowest BCUT2D eigenvalue weighted by molar-refractivity contribution is 0.281. The van der Waals surface area contributed by atoms with Crippen molar-refractivity contribution in [2.45, 2.75) is 46.1 Å². The molecule has 2 rings (SSSR count). The maximum atomic E-state index is 4.36. The molecule has 0 bridgehead atoms.